The molecular formula is C15H13Br2F. The quantitative estimate of drug-likeness (QED) is 0.595. The Labute approximate surface area is 123 Å². The van der Waals surface area contributed by atoms with Gasteiger partial charge in [0, 0.05) is 4.47 Å². The fraction of sp³-hybridized carbons (Fsp3) is 0.200. The molecule has 0 nitrogen and oxygen atoms in total. The standard InChI is InChI=1S/C15H13Br2F/c1-9-3-4-10(2)14(5-9)15(17)11-6-12(16)8-13(18)7-11/h3-8,15H,1-2H3. The predicted molar refractivity (Wildman–Crippen MR) is 80.8 cm³/mol. The van der Waals surface area contributed by atoms with Gasteiger partial charge in [-0.3, -0.25) is 0 Å². The number of hydrogen-bond donors (Lipinski definition) is 0. The first kappa shape index (κ1) is 13.8. The maximum absolute atomic E-state index is 13.4. The number of alkyl halides is 1. The van der Waals surface area contributed by atoms with Gasteiger partial charge in [0.25, 0.3) is 0 Å². The summed E-state index contributed by atoms with van der Waals surface area (Å²) in [6, 6.07) is 11.3. The van der Waals surface area contributed by atoms with Gasteiger partial charge < -0.3 is 0 Å². The summed E-state index contributed by atoms with van der Waals surface area (Å²) >= 11 is 6.99. The van der Waals surface area contributed by atoms with E-state index in [0.29, 0.717) is 0 Å². The molecule has 0 N–H and O–H groups in total. The van der Waals surface area contributed by atoms with Crippen LogP contribution < -0.4 is 0 Å². The molecule has 0 radical (unpaired) electrons. The molecule has 94 valence electrons. The first-order valence-corrected chi connectivity index (χ1v) is 7.35. The maximum Gasteiger partial charge on any atom is 0.124 e. The zero-order chi connectivity index (χ0) is 13.3. The third-order valence-electron chi connectivity index (χ3n) is 2.89. The van der Waals surface area contributed by atoms with Crippen molar-refractivity contribution in [2.24, 2.45) is 0 Å². The second-order valence-electron chi connectivity index (χ2n) is 4.43. The van der Waals surface area contributed by atoms with Crippen molar-refractivity contribution >= 4 is 31.9 Å². The van der Waals surface area contributed by atoms with Crippen molar-refractivity contribution < 1.29 is 4.39 Å². The van der Waals surface area contributed by atoms with E-state index in [2.05, 4.69) is 63.9 Å². The Hall–Kier alpha value is -0.670. The van der Waals surface area contributed by atoms with Crippen LogP contribution in [-0.4, -0.2) is 0 Å². The summed E-state index contributed by atoms with van der Waals surface area (Å²) in [7, 11) is 0. The van der Waals surface area contributed by atoms with Crippen molar-refractivity contribution in [1.82, 2.24) is 0 Å². The highest BCUT2D eigenvalue weighted by Crippen LogP contribution is 2.34. The first-order chi connectivity index (χ1) is 8.47. The van der Waals surface area contributed by atoms with Gasteiger partial charge in [-0.2, -0.15) is 0 Å². The molecule has 0 heterocycles. The molecule has 2 rings (SSSR count). The molecule has 2 aromatic rings. The number of rotatable bonds is 2. The highest BCUT2D eigenvalue weighted by atomic mass is 79.9. The van der Waals surface area contributed by atoms with Crippen molar-refractivity contribution in [2.75, 3.05) is 0 Å². The summed E-state index contributed by atoms with van der Waals surface area (Å²) in [4.78, 5) is 0.00407. The van der Waals surface area contributed by atoms with E-state index in [1.165, 1.54) is 22.8 Å². The van der Waals surface area contributed by atoms with Crippen LogP contribution in [0.25, 0.3) is 0 Å². The van der Waals surface area contributed by atoms with Crippen LogP contribution in [0, 0.1) is 19.7 Å². The summed E-state index contributed by atoms with van der Waals surface area (Å²) in [6.07, 6.45) is 0. The molecule has 0 spiro atoms. The molecule has 2 aromatic carbocycles. The highest BCUT2D eigenvalue weighted by molar-refractivity contribution is 9.10. The van der Waals surface area contributed by atoms with Crippen LogP contribution >= 0.6 is 31.9 Å². The van der Waals surface area contributed by atoms with Crippen LogP contribution in [0.5, 0.6) is 0 Å². The van der Waals surface area contributed by atoms with E-state index in [4.69, 9.17) is 0 Å². The normalized spacial score (nSPS) is 12.5. The van der Waals surface area contributed by atoms with Crippen molar-refractivity contribution in [3.05, 3.63) is 68.9 Å². The Bertz CT molecular complexity index is 558. The maximum atomic E-state index is 13.4. The predicted octanol–water partition coefficient (Wildman–Crippen LogP) is 5.69. The lowest BCUT2D eigenvalue weighted by Crippen LogP contribution is -1.97. The molecule has 18 heavy (non-hydrogen) atoms. The van der Waals surface area contributed by atoms with Gasteiger partial charge in [-0.15, -0.1) is 0 Å². The molecule has 0 bridgehead atoms. The first-order valence-electron chi connectivity index (χ1n) is 5.64. The Balaban J connectivity index is 2.47. The Morgan fingerprint density at radius 2 is 1.78 bits per heavy atom. The molecule has 0 fully saturated rings. The van der Waals surface area contributed by atoms with Gasteiger partial charge in [0.05, 0.1) is 4.83 Å². The molecular weight excluding hydrogens is 359 g/mol. The molecule has 1 atom stereocenters. The molecule has 0 saturated carbocycles. The lowest BCUT2D eigenvalue weighted by Gasteiger charge is -2.15. The summed E-state index contributed by atoms with van der Waals surface area (Å²) in [5.41, 5.74) is 4.49. The molecule has 1 unspecified atom stereocenters. The third-order valence-corrected chi connectivity index (χ3v) is 4.37. The minimum atomic E-state index is -0.228. The topological polar surface area (TPSA) is 0 Å². The number of halogens is 3. The van der Waals surface area contributed by atoms with E-state index < -0.39 is 0 Å². The smallest absolute Gasteiger partial charge is 0.124 e. The van der Waals surface area contributed by atoms with Crippen LogP contribution in [0.3, 0.4) is 0 Å². The summed E-state index contributed by atoms with van der Waals surface area (Å²) in [5.74, 6) is -0.228. The second-order valence-corrected chi connectivity index (χ2v) is 6.26. The molecule has 0 aliphatic carbocycles. The highest BCUT2D eigenvalue weighted by Gasteiger charge is 2.14. The lowest BCUT2D eigenvalue weighted by atomic mass is 9.98. The average Bonchev–Trinajstić information content (AvgIpc) is 2.30. The molecule has 0 aliphatic rings. The lowest BCUT2D eigenvalue weighted by molar-refractivity contribution is 0.625. The van der Waals surface area contributed by atoms with Crippen molar-refractivity contribution in [3.8, 4) is 0 Å². The van der Waals surface area contributed by atoms with Crippen LogP contribution in [0.15, 0.2) is 40.9 Å². The minimum Gasteiger partial charge on any atom is -0.207 e. The Morgan fingerprint density at radius 1 is 1.06 bits per heavy atom. The molecule has 0 saturated heterocycles. The van der Waals surface area contributed by atoms with Crippen LogP contribution in [-0.2, 0) is 0 Å². The Kier molecular flexibility index (Phi) is 4.23. The SMILES string of the molecule is Cc1ccc(C)c(C(Br)c2cc(F)cc(Br)c2)c1. The number of benzene rings is 2. The third kappa shape index (κ3) is 3.01. The summed E-state index contributed by atoms with van der Waals surface area (Å²) in [5, 5.41) is 0. The summed E-state index contributed by atoms with van der Waals surface area (Å²) in [6.45, 7) is 4.13. The van der Waals surface area contributed by atoms with Gasteiger partial charge in [-0.1, -0.05) is 55.6 Å². The monoisotopic (exact) mass is 370 g/mol. The zero-order valence-electron chi connectivity index (χ0n) is 10.2. The minimum absolute atomic E-state index is 0.00407. The summed E-state index contributed by atoms with van der Waals surface area (Å²) < 4.78 is 14.2. The van der Waals surface area contributed by atoms with Crippen LogP contribution in [0.1, 0.15) is 27.1 Å². The molecule has 0 amide bonds. The van der Waals surface area contributed by atoms with E-state index in [-0.39, 0.29) is 10.6 Å². The second kappa shape index (κ2) is 5.54. The largest absolute Gasteiger partial charge is 0.207 e. The molecule has 0 aromatic heterocycles. The van der Waals surface area contributed by atoms with Crippen LogP contribution in [0.4, 0.5) is 4.39 Å². The van der Waals surface area contributed by atoms with E-state index >= 15 is 0 Å². The van der Waals surface area contributed by atoms with E-state index in [0.717, 1.165) is 10.0 Å². The Morgan fingerprint density at radius 3 is 2.44 bits per heavy atom. The van der Waals surface area contributed by atoms with Crippen molar-refractivity contribution in [2.45, 2.75) is 18.7 Å². The van der Waals surface area contributed by atoms with Gasteiger partial charge in [0.2, 0.25) is 0 Å². The van der Waals surface area contributed by atoms with E-state index in [1.807, 2.05) is 6.07 Å². The average molecular weight is 372 g/mol. The van der Waals surface area contributed by atoms with Crippen LogP contribution in [0.2, 0.25) is 0 Å². The van der Waals surface area contributed by atoms with E-state index in [9.17, 15) is 4.39 Å². The van der Waals surface area contributed by atoms with Crippen molar-refractivity contribution in [1.29, 1.82) is 0 Å². The van der Waals surface area contributed by atoms with Gasteiger partial charge in [-0.05, 0) is 48.7 Å². The van der Waals surface area contributed by atoms with Gasteiger partial charge in [0.1, 0.15) is 5.82 Å². The van der Waals surface area contributed by atoms with Gasteiger partial charge in [-0.25, -0.2) is 4.39 Å². The number of hydrogen-bond acceptors (Lipinski definition) is 0. The number of aryl methyl sites for hydroxylation is 2. The molecule has 0 aliphatic heterocycles. The van der Waals surface area contributed by atoms with Gasteiger partial charge >= 0.3 is 0 Å². The van der Waals surface area contributed by atoms with Gasteiger partial charge in [0.15, 0.2) is 0 Å². The fourth-order valence-electron chi connectivity index (χ4n) is 1.93. The van der Waals surface area contributed by atoms with Crippen molar-refractivity contribution in [3.63, 3.8) is 0 Å². The van der Waals surface area contributed by atoms with E-state index in [1.54, 1.807) is 6.07 Å². The fourth-order valence-corrected chi connectivity index (χ4v) is 3.17. The molecule has 3 heteroatoms. The zero-order valence-corrected chi connectivity index (χ0v) is 13.3.